The lowest BCUT2D eigenvalue weighted by atomic mass is 10.1. The van der Waals surface area contributed by atoms with E-state index in [-0.39, 0.29) is 6.54 Å². The van der Waals surface area contributed by atoms with E-state index in [4.69, 9.17) is 11.6 Å². The first kappa shape index (κ1) is 18.3. The Hall–Kier alpha value is -2.05. The lowest BCUT2D eigenvalue weighted by molar-refractivity contribution is -0.114. The van der Waals surface area contributed by atoms with Crippen molar-refractivity contribution >= 4 is 38.9 Å². The van der Waals surface area contributed by atoms with Gasteiger partial charge in [0.2, 0.25) is 15.9 Å². The Labute approximate surface area is 147 Å². The van der Waals surface area contributed by atoms with E-state index in [0.29, 0.717) is 16.4 Å². The van der Waals surface area contributed by atoms with Gasteiger partial charge in [-0.2, -0.15) is 0 Å². The van der Waals surface area contributed by atoms with E-state index in [1.165, 1.54) is 0 Å². The van der Waals surface area contributed by atoms with Gasteiger partial charge in [0.1, 0.15) is 6.54 Å². The molecule has 0 unspecified atom stereocenters. The minimum atomic E-state index is -3.59. The van der Waals surface area contributed by atoms with Crippen LogP contribution in [0.1, 0.15) is 11.1 Å². The van der Waals surface area contributed by atoms with Gasteiger partial charge in [-0.3, -0.25) is 9.10 Å². The maximum absolute atomic E-state index is 12.2. The molecule has 0 fully saturated rings. The number of carbonyl (C=O) groups is 1. The van der Waals surface area contributed by atoms with Gasteiger partial charge in [0, 0.05) is 10.7 Å². The van der Waals surface area contributed by atoms with Gasteiger partial charge in [-0.1, -0.05) is 17.7 Å². The summed E-state index contributed by atoms with van der Waals surface area (Å²) >= 11 is 5.80. The van der Waals surface area contributed by atoms with Crippen molar-refractivity contribution in [3.8, 4) is 0 Å². The Morgan fingerprint density at radius 1 is 1.08 bits per heavy atom. The van der Waals surface area contributed by atoms with Crippen molar-refractivity contribution in [2.24, 2.45) is 0 Å². The SMILES string of the molecule is Cc1ccc(N(CC(=O)Nc2ccc(Cl)cc2)S(C)(=O)=O)cc1C. The molecule has 0 saturated heterocycles. The molecule has 7 heteroatoms. The molecule has 24 heavy (non-hydrogen) atoms. The Morgan fingerprint density at radius 3 is 2.25 bits per heavy atom. The summed E-state index contributed by atoms with van der Waals surface area (Å²) < 4.78 is 25.3. The van der Waals surface area contributed by atoms with Crippen LogP contribution in [0, 0.1) is 13.8 Å². The van der Waals surface area contributed by atoms with Crippen molar-refractivity contribution in [2.45, 2.75) is 13.8 Å². The van der Waals surface area contributed by atoms with Crippen LogP contribution < -0.4 is 9.62 Å². The quantitative estimate of drug-likeness (QED) is 0.882. The fourth-order valence-electron chi connectivity index (χ4n) is 2.14. The minimum Gasteiger partial charge on any atom is -0.325 e. The second kappa shape index (κ2) is 7.23. The first-order valence-electron chi connectivity index (χ1n) is 7.27. The summed E-state index contributed by atoms with van der Waals surface area (Å²) in [5.74, 6) is -0.430. The largest absolute Gasteiger partial charge is 0.325 e. The molecule has 0 heterocycles. The summed E-state index contributed by atoms with van der Waals surface area (Å²) in [6, 6.07) is 11.9. The average Bonchev–Trinajstić information content (AvgIpc) is 2.49. The molecule has 0 bridgehead atoms. The highest BCUT2D eigenvalue weighted by Gasteiger charge is 2.21. The molecule has 1 amide bonds. The van der Waals surface area contributed by atoms with Gasteiger partial charge < -0.3 is 5.32 Å². The van der Waals surface area contributed by atoms with Gasteiger partial charge in [-0.05, 0) is 61.4 Å². The Bertz CT molecular complexity index is 849. The van der Waals surface area contributed by atoms with Crippen LogP contribution in [0.3, 0.4) is 0 Å². The van der Waals surface area contributed by atoms with E-state index >= 15 is 0 Å². The van der Waals surface area contributed by atoms with Crippen LogP contribution in [0.4, 0.5) is 11.4 Å². The number of amides is 1. The first-order chi connectivity index (χ1) is 11.2. The molecular weight excluding hydrogens is 348 g/mol. The van der Waals surface area contributed by atoms with Crippen LogP contribution in [-0.2, 0) is 14.8 Å². The maximum atomic E-state index is 12.2. The standard InChI is InChI=1S/C17H19ClN2O3S/c1-12-4-9-16(10-13(12)2)20(24(3,22)23)11-17(21)19-15-7-5-14(18)6-8-15/h4-10H,11H2,1-3H3,(H,19,21). The number of aryl methyl sites for hydroxylation is 2. The first-order valence-corrected chi connectivity index (χ1v) is 9.50. The summed E-state index contributed by atoms with van der Waals surface area (Å²) in [6.07, 6.45) is 1.08. The average molecular weight is 367 g/mol. The normalized spacial score (nSPS) is 11.2. The number of sulfonamides is 1. The molecule has 0 aliphatic carbocycles. The van der Waals surface area contributed by atoms with E-state index in [1.54, 1.807) is 36.4 Å². The molecule has 5 nitrogen and oxygen atoms in total. The molecule has 0 aliphatic heterocycles. The summed E-state index contributed by atoms with van der Waals surface area (Å²) in [7, 11) is -3.59. The lowest BCUT2D eigenvalue weighted by Gasteiger charge is -2.22. The number of hydrogen-bond donors (Lipinski definition) is 1. The van der Waals surface area contributed by atoms with Gasteiger partial charge in [0.25, 0.3) is 0 Å². The number of nitrogens with one attached hydrogen (secondary N) is 1. The molecule has 1 N–H and O–H groups in total. The molecule has 0 spiro atoms. The highest BCUT2D eigenvalue weighted by molar-refractivity contribution is 7.92. The third-order valence-electron chi connectivity index (χ3n) is 3.59. The van der Waals surface area contributed by atoms with Crippen molar-refractivity contribution in [3.05, 3.63) is 58.6 Å². The van der Waals surface area contributed by atoms with Crippen LogP contribution in [-0.4, -0.2) is 27.1 Å². The summed E-state index contributed by atoms with van der Waals surface area (Å²) in [4.78, 5) is 12.2. The van der Waals surface area contributed by atoms with Crippen molar-refractivity contribution in [1.82, 2.24) is 0 Å². The molecular formula is C17H19ClN2O3S. The second-order valence-electron chi connectivity index (χ2n) is 5.59. The third-order valence-corrected chi connectivity index (χ3v) is 4.99. The van der Waals surface area contributed by atoms with Crippen molar-refractivity contribution in [1.29, 1.82) is 0 Å². The monoisotopic (exact) mass is 366 g/mol. The fraction of sp³-hybridized carbons (Fsp3) is 0.235. The van der Waals surface area contributed by atoms with E-state index in [2.05, 4.69) is 5.32 Å². The number of benzene rings is 2. The molecule has 2 aromatic rings. The van der Waals surface area contributed by atoms with E-state index in [1.807, 2.05) is 19.9 Å². The maximum Gasteiger partial charge on any atom is 0.245 e. The molecule has 128 valence electrons. The molecule has 2 rings (SSSR count). The van der Waals surface area contributed by atoms with Crippen LogP contribution in [0.2, 0.25) is 5.02 Å². The zero-order valence-corrected chi connectivity index (χ0v) is 15.3. The zero-order valence-electron chi connectivity index (χ0n) is 13.7. The van der Waals surface area contributed by atoms with Gasteiger partial charge >= 0.3 is 0 Å². The molecule has 0 aliphatic rings. The molecule has 0 aromatic heterocycles. The van der Waals surface area contributed by atoms with Crippen LogP contribution in [0.25, 0.3) is 0 Å². The number of hydrogen-bond acceptors (Lipinski definition) is 3. The van der Waals surface area contributed by atoms with Gasteiger partial charge in [-0.15, -0.1) is 0 Å². The number of halogens is 1. The third kappa shape index (κ3) is 4.72. The zero-order chi connectivity index (χ0) is 17.9. The topological polar surface area (TPSA) is 66.5 Å². The van der Waals surface area contributed by atoms with E-state index in [0.717, 1.165) is 21.7 Å². The number of carbonyl (C=O) groups excluding carboxylic acids is 1. The van der Waals surface area contributed by atoms with E-state index < -0.39 is 15.9 Å². The molecule has 2 aromatic carbocycles. The van der Waals surface area contributed by atoms with Crippen LogP contribution in [0.15, 0.2) is 42.5 Å². The summed E-state index contributed by atoms with van der Waals surface area (Å²) in [5, 5.41) is 3.22. The number of rotatable bonds is 5. The number of nitrogens with zero attached hydrogens (tertiary/aromatic N) is 1. The van der Waals surface area contributed by atoms with Gasteiger partial charge in [0.15, 0.2) is 0 Å². The molecule has 0 radical (unpaired) electrons. The predicted molar refractivity (Wildman–Crippen MR) is 98.2 cm³/mol. The lowest BCUT2D eigenvalue weighted by Crippen LogP contribution is -2.37. The Balaban J connectivity index is 2.21. The molecule has 0 atom stereocenters. The van der Waals surface area contributed by atoms with Crippen molar-refractivity contribution < 1.29 is 13.2 Å². The molecule has 0 saturated carbocycles. The fourth-order valence-corrected chi connectivity index (χ4v) is 3.12. The Morgan fingerprint density at radius 2 is 1.71 bits per heavy atom. The smallest absolute Gasteiger partial charge is 0.245 e. The summed E-state index contributed by atoms with van der Waals surface area (Å²) in [6.45, 7) is 3.54. The van der Waals surface area contributed by atoms with Crippen LogP contribution in [0.5, 0.6) is 0 Å². The Kier molecular flexibility index (Phi) is 5.51. The highest BCUT2D eigenvalue weighted by Crippen LogP contribution is 2.21. The number of anilines is 2. The van der Waals surface area contributed by atoms with Gasteiger partial charge in [0.05, 0.1) is 11.9 Å². The van der Waals surface area contributed by atoms with Crippen LogP contribution >= 0.6 is 11.6 Å². The van der Waals surface area contributed by atoms with E-state index in [9.17, 15) is 13.2 Å². The van der Waals surface area contributed by atoms with Crippen molar-refractivity contribution in [3.63, 3.8) is 0 Å². The minimum absolute atomic E-state index is 0.302. The van der Waals surface area contributed by atoms with Crippen molar-refractivity contribution in [2.75, 3.05) is 22.4 Å². The summed E-state index contributed by atoms with van der Waals surface area (Å²) in [5.41, 5.74) is 3.03. The second-order valence-corrected chi connectivity index (χ2v) is 7.94. The van der Waals surface area contributed by atoms with Gasteiger partial charge in [-0.25, -0.2) is 8.42 Å². The highest BCUT2D eigenvalue weighted by atomic mass is 35.5. The predicted octanol–water partition coefficient (Wildman–Crippen LogP) is 3.36.